The summed E-state index contributed by atoms with van der Waals surface area (Å²) in [5.74, 6) is 0. The molecular formula is C15H21N2+. The van der Waals surface area contributed by atoms with E-state index in [1.807, 2.05) is 0 Å². The Morgan fingerprint density at radius 2 is 2.12 bits per heavy atom. The molecule has 1 atom stereocenters. The number of quaternary nitrogens is 1. The van der Waals surface area contributed by atoms with Gasteiger partial charge in [-0.15, -0.1) is 0 Å². The van der Waals surface area contributed by atoms with Crippen molar-refractivity contribution in [1.82, 2.24) is 4.98 Å². The molecule has 0 spiro atoms. The van der Waals surface area contributed by atoms with E-state index >= 15 is 0 Å². The van der Waals surface area contributed by atoms with E-state index < -0.39 is 0 Å². The lowest BCUT2D eigenvalue weighted by Gasteiger charge is -2.16. The molecule has 0 saturated heterocycles. The number of aromatic nitrogens is 1. The first kappa shape index (κ1) is 10.8. The van der Waals surface area contributed by atoms with Crippen LogP contribution in [0.4, 0.5) is 0 Å². The lowest BCUT2D eigenvalue weighted by molar-refractivity contribution is -0.413. The minimum Gasteiger partial charge on any atom is -0.361 e. The third-order valence-corrected chi connectivity index (χ3v) is 3.84. The fourth-order valence-electron chi connectivity index (χ4n) is 3.04. The lowest BCUT2D eigenvalue weighted by atomic mass is 9.89. The molecule has 1 aromatic heterocycles. The van der Waals surface area contributed by atoms with Crippen molar-refractivity contribution in [2.45, 2.75) is 45.1 Å². The highest BCUT2D eigenvalue weighted by Crippen LogP contribution is 2.30. The summed E-state index contributed by atoms with van der Waals surface area (Å²) < 4.78 is 0. The van der Waals surface area contributed by atoms with Crippen LogP contribution in [0.2, 0.25) is 0 Å². The minimum absolute atomic E-state index is 0.477. The second-order valence-electron chi connectivity index (χ2n) is 5.46. The van der Waals surface area contributed by atoms with E-state index in [0.717, 1.165) is 6.42 Å². The number of nitrogens with one attached hydrogen (secondary N) is 1. The molecule has 2 nitrogen and oxygen atoms in total. The fraction of sp³-hybridized carbons (Fsp3) is 0.467. The molecule has 0 fully saturated rings. The van der Waals surface area contributed by atoms with Gasteiger partial charge in [0, 0.05) is 23.5 Å². The van der Waals surface area contributed by atoms with Gasteiger partial charge in [0.15, 0.2) is 0 Å². The summed E-state index contributed by atoms with van der Waals surface area (Å²) in [6.45, 7) is 2.18. The Morgan fingerprint density at radius 1 is 1.29 bits per heavy atom. The van der Waals surface area contributed by atoms with Gasteiger partial charge in [0.1, 0.15) is 0 Å². The molecule has 0 radical (unpaired) electrons. The van der Waals surface area contributed by atoms with E-state index in [9.17, 15) is 0 Å². The molecule has 0 saturated carbocycles. The first-order valence-corrected chi connectivity index (χ1v) is 6.69. The number of H-pyrrole nitrogens is 1. The van der Waals surface area contributed by atoms with Gasteiger partial charge < -0.3 is 10.7 Å². The van der Waals surface area contributed by atoms with E-state index in [4.69, 9.17) is 0 Å². The van der Waals surface area contributed by atoms with Crippen LogP contribution in [0, 0.1) is 0 Å². The van der Waals surface area contributed by atoms with E-state index in [1.165, 1.54) is 42.1 Å². The normalized spacial score (nSPS) is 17.1. The Balaban J connectivity index is 2.12. The molecule has 3 rings (SSSR count). The van der Waals surface area contributed by atoms with Gasteiger partial charge in [0.2, 0.25) is 0 Å². The largest absolute Gasteiger partial charge is 0.361 e. The van der Waals surface area contributed by atoms with Gasteiger partial charge in [0.05, 0.1) is 6.04 Å². The maximum Gasteiger partial charge on any atom is 0.0856 e. The van der Waals surface area contributed by atoms with Crippen molar-refractivity contribution in [2.24, 2.45) is 0 Å². The van der Waals surface area contributed by atoms with Crippen LogP contribution in [0.25, 0.3) is 10.9 Å². The van der Waals surface area contributed by atoms with Crippen LogP contribution in [0.3, 0.4) is 0 Å². The molecule has 0 aliphatic heterocycles. The highest BCUT2D eigenvalue weighted by molar-refractivity contribution is 5.87. The van der Waals surface area contributed by atoms with Crippen LogP contribution in [0.5, 0.6) is 0 Å². The number of fused-ring (bicyclic) bond motifs is 3. The molecule has 1 aromatic carbocycles. The van der Waals surface area contributed by atoms with Crippen molar-refractivity contribution < 1.29 is 5.73 Å². The second kappa shape index (κ2) is 4.19. The molecule has 0 amide bonds. The summed E-state index contributed by atoms with van der Waals surface area (Å²) >= 11 is 0. The first-order chi connectivity index (χ1) is 8.25. The quantitative estimate of drug-likeness (QED) is 0.793. The SMILES string of the molecule is CC([NH3+])Cc1c[nH]c2c3c(ccc12)CCCC3. The maximum absolute atomic E-state index is 4.09. The van der Waals surface area contributed by atoms with Crippen molar-refractivity contribution in [3.8, 4) is 0 Å². The average Bonchev–Trinajstić information content (AvgIpc) is 2.72. The van der Waals surface area contributed by atoms with Gasteiger partial charge in [-0.05, 0) is 49.3 Å². The molecule has 0 bridgehead atoms. The topological polar surface area (TPSA) is 43.4 Å². The van der Waals surface area contributed by atoms with Gasteiger partial charge in [-0.2, -0.15) is 0 Å². The van der Waals surface area contributed by atoms with E-state index in [1.54, 1.807) is 11.1 Å². The number of hydrogen-bond acceptors (Lipinski definition) is 0. The summed E-state index contributed by atoms with van der Waals surface area (Å²) in [5.41, 5.74) is 10.0. The third kappa shape index (κ3) is 1.87. The highest BCUT2D eigenvalue weighted by Gasteiger charge is 2.15. The van der Waals surface area contributed by atoms with Crippen LogP contribution in [-0.4, -0.2) is 11.0 Å². The van der Waals surface area contributed by atoms with Crippen molar-refractivity contribution >= 4 is 10.9 Å². The van der Waals surface area contributed by atoms with Gasteiger partial charge in [-0.25, -0.2) is 0 Å². The van der Waals surface area contributed by atoms with Crippen LogP contribution >= 0.6 is 0 Å². The zero-order valence-corrected chi connectivity index (χ0v) is 10.6. The number of aryl methyl sites for hydroxylation is 2. The summed E-state index contributed by atoms with van der Waals surface area (Å²) in [6.07, 6.45) is 8.44. The van der Waals surface area contributed by atoms with Crippen molar-refractivity contribution in [1.29, 1.82) is 0 Å². The number of rotatable bonds is 2. The molecule has 17 heavy (non-hydrogen) atoms. The predicted molar refractivity (Wildman–Crippen MR) is 71.0 cm³/mol. The van der Waals surface area contributed by atoms with Gasteiger partial charge >= 0.3 is 0 Å². The van der Waals surface area contributed by atoms with Crippen LogP contribution in [0.15, 0.2) is 18.3 Å². The summed E-state index contributed by atoms with van der Waals surface area (Å²) in [7, 11) is 0. The first-order valence-electron chi connectivity index (χ1n) is 6.69. The van der Waals surface area contributed by atoms with Gasteiger partial charge in [-0.3, -0.25) is 0 Å². The van der Waals surface area contributed by atoms with Crippen LogP contribution in [0.1, 0.15) is 36.5 Å². The lowest BCUT2D eigenvalue weighted by Crippen LogP contribution is -2.60. The molecule has 90 valence electrons. The molecular weight excluding hydrogens is 208 g/mol. The standard InChI is InChI=1S/C15H20N2/c1-10(16)8-12-9-17-15-13-5-3-2-4-11(13)6-7-14(12)15/h6-7,9-10,17H,2-5,8,16H2,1H3/p+1. The second-order valence-corrected chi connectivity index (χ2v) is 5.46. The number of hydrogen-bond donors (Lipinski definition) is 2. The Bertz CT molecular complexity index is 537. The van der Waals surface area contributed by atoms with E-state index in [2.05, 4.69) is 36.0 Å². The number of aromatic amines is 1. The molecule has 4 N–H and O–H groups in total. The monoisotopic (exact) mass is 229 g/mol. The molecule has 1 unspecified atom stereocenters. The Labute approximate surface area is 102 Å². The summed E-state index contributed by atoms with van der Waals surface area (Å²) in [6, 6.07) is 5.11. The molecule has 1 aliphatic rings. The molecule has 1 aliphatic carbocycles. The third-order valence-electron chi connectivity index (χ3n) is 3.84. The maximum atomic E-state index is 4.09. The molecule has 1 heterocycles. The van der Waals surface area contributed by atoms with Crippen molar-refractivity contribution in [3.05, 3.63) is 35.0 Å². The predicted octanol–water partition coefficient (Wildman–Crippen LogP) is 2.22. The van der Waals surface area contributed by atoms with E-state index in [-0.39, 0.29) is 0 Å². The van der Waals surface area contributed by atoms with Crippen molar-refractivity contribution in [3.63, 3.8) is 0 Å². The molecule has 2 aromatic rings. The summed E-state index contributed by atoms with van der Waals surface area (Å²) in [4.78, 5) is 3.49. The van der Waals surface area contributed by atoms with Crippen LogP contribution in [-0.2, 0) is 19.3 Å². The fourth-order valence-corrected chi connectivity index (χ4v) is 3.04. The summed E-state index contributed by atoms with van der Waals surface area (Å²) in [5, 5.41) is 1.42. The molecule has 2 heteroatoms. The van der Waals surface area contributed by atoms with E-state index in [0.29, 0.717) is 6.04 Å². The van der Waals surface area contributed by atoms with Gasteiger partial charge in [0.25, 0.3) is 0 Å². The minimum atomic E-state index is 0.477. The Morgan fingerprint density at radius 3 is 2.94 bits per heavy atom. The Hall–Kier alpha value is -1.28. The zero-order valence-electron chi connectivity index (χ0n) is 10.6. The van der Waals surface area contributed by atoms with Gasteiger partial charge in [-0.1, -0.05) is 12.1 Å². The Kier molecular flexibility index (Phi) is 2.67. The zero-order chi connectivity index (χ0) is 11.8. The number of benzene rings is 1. The van der Waals surface area contributed by atoms with Crippen molar-refractivity contribution in [2.75, 3.05) is 0 Å². The highest BCUT2D eigenvalue weighted by atomic mass is 14.7. The smallest absolute Gasteiger partial charge is 0.0856 e. The van der Waals surface area contributed by atoms with Crippen LogP contribution < -0.4 is 5.73 Å². The average molecular weight is 229 g/mol.